The van der Waals surface area contributed by atoms with Crippen molar-refractivity contribution in [3.8, 4) is 11.8 Å². The summed E-state index contributed by atoms with van der Waals surface area (Å²) in [5.41, 5.74) is 1.04. The van der Waals surface area contributed by atoms with Gasteiger partial charge in [0.15, 0.2) is 5.82 Å². The number of aliphatic hydroxyl groups is 1. The number of aliphatic hydroxyl groups excluding tert-OH is 1. The lowest BCUT2D eigenvalue weighted by atomic mass is 10.2. The summed E-state index contributed by atoms with van der Waals surface area (Å²) >= 11 is 0. The fourth-order valence-electron chi connectivity index (χ4n) is 2.14. The van der Waals surface area contributed by atoms with Crippen molar-refractivity contribution in [1.29, 1.82) is 0 Å². The van der Waals surface area contributed by atoms with Gasteiger partial charge in [-0.25, -0.2) is 4.98 Å². The Bertz CT molecular complexity index is 711. The molecule has 0 fully saturated rings. The first-order valence-corrected chi connectivity index (χ1v) is 6.49. The first kappa shape index (κ1) is 13.3. The van der Waals surface area contributed by atoms with Crippen LogP contribution in [0.1, 0.15) is 21.9 Å². The molecule has 1 amide bonds. The highest BCUT2D eigenvalue weighted by atomic mass is 16.2. The summed E-state index contributed by atoms with van der Waals surface area (Å²) < 4.78 is 1.94. The number of carbonyl (C=O) groups is 1. The van der Waals surface area contributed by atoms with Crippen LogP contribution < -0.4 is 0 Å². The zero-order chi connectivity index (χ0) is 14.7. The molecular formula is C14H13N5O2. The number of hydrogen-bond donors (Lipinski definition) is 1. The Morgan fingerprint density at radius 2 is 2.29 bits per heavy atom. The van der Waals surface area contributed by atoms with Gasteiger partial charge in [0.1, 0.15) is 18.6 Å². The summed E-state index contributed by atoms with van der Waals surface area (Å²) in [5, 5.41) is 16.5. The van der Waals surface area contributed by atoms with Crippen molar-refractivity contribution in [2.45, 2.75) is 13.1 Å². The van der Waals surface area contributed by atoms with Crippen molar-refractivity contribution in [1.82, 2.24) is 24.6 Å². The molecule has 0 unspecified atom stereocenters. The molecule has 3 heterocycles. The average Bonchev–Trinajstić information content (AvgIpc) is 3.00. The lowest BCUT2D eigenvalue weighted by Crippen LogP contribution is -2.38. The molecule has 2 aromatic heterocycles. The average molecular weight is 283 g/mol. The van der Waals surface area contributed by atoms with Gasteiger partial charge in [-0.1, -0.05) is 11.8 Å². The van der Waals surface area contributed by atoms with Gasteiger partial charge in [-0.15, -0.1) is 10.2 Å². The zero-order valence-electron chi connectivity index (χ0n) is 11.2. The summed E-state index contributed by atoms with van der Waals surface area (Å²) in [6.07, 6.45) is 3.20. The highest BCUT2D eigenvalue weighted by molar-refractivity contribution is 5.92. The number of carbonyl (C=O) groups excluding carboxylic acids is 1. The van der Waals surface area contributed by atoms with Gasteiger partial charge in [-0.05, 0) is 12.1 Å². The Balaban J connectivity index is 1.74. The molecule has 0 spiro atoms. The Hall–Kier alpha value is -2.72. The largest absolute Gasteiger partial charge is 0.384 e. The normalized spacial score (nSPS) is 13.3. The number of rotatable bonds is 1. The second-order valence-corrected chi connectivity index (χ2v) is 4.56. The van der Waals surface area contributed by atoms with Gasteiger partial charge in [-0.2, -0.15) is 0 Å². The van der Waals surface area contributed by atoms with Crippen LogP contribution in [0.2, 0.25) is 0 Å². The number of aromatic nitrogens is 4. The Labute approximate surface area is 121 Å². The van der Waals surface area contributed by atoms with Gasteiger partial charge < -0.3 is 14.6 Å². The van der Waals surface area contributed by atoms with Crippen LogP contribution in [0, 0.1) is 11.8 Å². The number of nitrogens with zero attached hydrogens (tertiary/aromatic N) is 5. The first-order chi connectivity index (χ1) is 10.3. The maximum Gasteiger partial charge on any atom is 0.272 e. The summed E-state index contributed by atoms with van der Waals surface area (Å²) in [5.74, 6) is 5.92. The standard InChI is InChI=1S/C14H13N5O2/c20-7-1-2-11-3-4-12(15-8-11)14(21)18-5-6-19-10-16-17-13(19)9-18/h3-4,8,10,20H,5-7,9H2. The minimum Gasteiger partial charge on any atom is -0.384 e. The summed E-state index contributed by atoms with van der Waals surface area (Å²) in [4.78, 5) is 18.2. The van der Waals surface area contributed by atoms with Crippen LogP contribution in [-0.2, 0) is 13.1 Å². The van der Waals surface area contributed by atoms with E-state index in [9.17, 15) is 4.79 Å². The molecule has 7 nitrogen and oxygen atoms in total. The smallest absolute Gasteiger partial charge is 0.272 e. The van der Waals surface area contributed by atoms with E-state index in [-0.39, 0.29) is 12.5 Å². The number of pyridine rings is 1. The first-order valence-electron chi connectivity index (χ1n) is 6.49. The van der Waals surface area contributed by atoms with Crippen LogP contribution in [0.3, 0.4) is 0 Å². The molecule has 1 N–H and O–H groups in total. The lowest BCUT2D eigenvalue weighted by molar-refractivity contribution is 0.0701. The second kappa shape index (κ2) is 5.73. The fourth-order valence-corrected chi connectivity index (χ4v) is 2.14. The van der Waals surface area contributed by atoms with Crippen LogP contribution in [0.15, 0.2) is 24.7 Å². The quantitative estimate of drug-likeness (QED) is 0.725. The molecule has 0 radical (unpaired) electrons. The molecule has 21 heavy (non-hydrogen) atoms. The minimum atomic E-state index is -0.199. The number of hydrogen-bond acceptors (Lipinski definition) is 5. The van der Waals surface area contributed by atoms with Gasteiger partial charge in [0.2, 0.25) is 0 Å². The van der Waals surface area contributed by atoms with E-state index < -0.39 is 0 Å². The molecule has 0 bridgehead atoms. The Morgan fingerprint density at radius 1 is 1.38 bits per heavy atom. The summed E-state index contributed by atoms with van der Waals surface area (Å²) in [7, 11) is 0. The fraction of sp³-hybridized carbons (Fsp3) is 0.286. The minimum absolute atomic E-state index is 0.133. The molecule has 106 valence electrons. The third kappa shape index (κ3) is 2.75. The van der Waals surface area contributed by atoms with Crippen molar-refractivity contribution in [3.63, 3.8) is 0 Å². The third-order valence-corrected chi connectivity index (χ3v) is 3.22. The van der Waals surface area contributed by atoms with Gasteiger partial charge in [0.25, 0.3) is 5.91 Å². The topological polar surface area (TPSA) is 84.1 Å². The van der Waals surface area contributed by atoms with E-state index in [4.69, 9.17) is 5.11 Å². The molecule has 0 saturated carbocycles. The Morgan fingerprint density at radius 3 is 3.05 bits per heavy atom. The maximum absolute atomic E-state index is 12.4. The van der Waals surface area contributed by atoms with Gasteiger partial charge in [0, 0.05) is 24.8 Å². The van der Waals surface area contributed by atoms with E-state index >= 15 is 0 Å². The molecule has 0 saturated heterocycles. The van der Waals surface area contributed by atoms with Gasteiger partial charge in [-0.3, -0.25) is 4.79 Å². The van der Waals surface area contributed by atoms with Crippen LogP contribution in [0.5, 0.6) is 0 Å². The van der Waals surface area contributed by atoms with Crippen LogP contribution in [0.25, 0.3) is 0 Å². The highest BCUT2D eigenvalue weighted by Crippen LogP contribution is 2.12. The highest BCUT2D eigenvalue weighted by Gasteiger charge is 2.23. The predicted octanol–water partition coefficient (Wildman–Crippen LogP) is -0.327. The van der Waals surface area contributed by atoms with E-state index in [1.807, 2.05) is 4.57 Å². The lowest BCUT2D eigenvalue weighted by Gasteiger charge is -2.26. The van der Waals surface area contributed by atoms with Crippen molar-refractivity contribution < 1.29 is 9.90 Å². The van der Waals surface area contributed by atoms with Crippen molar-refractivity contribution in [2.75, 3.05) is 13.2 Å². The van der Waals surface area contributed by atoms with E-state index in [0.29, 0.717) is 30.9 Å². The molecule has 2 aromatic rings. The second-order valence-electron chi connectivity index (χ2n) is 4.56. The molecule has 7 heteroatoms. The van der Waals surface area contributed by atoms with Crippen molar-refractivity contribution in [3.05, 3.63) is 41.7 Å². The van der Waals surface area contributed by atoms with E-state index in [2.05, 4.69) is 27.0 Å². The van der Waals surface area contributed by atoms with Gasteiger partial charge in [0.05, 0.1) is 6.54 Å². The van der Waals surface area contributed by atoms with Crippen LogP contribution >= 0.6 is 0 Å². The monoisotopic (exact) mass is 283 g/mol. The molecule has 0 aliphatic carbocycles. The number of amides is 1. The molecule has 1 aliphatic rings. The Kier molecular flexibility index (Phi) is 3.62. The summed E-state index contributed by atoms with van der Waals surface area (Å²) in [6, 6.07) is 3.36. The number of fused-ring (bicyclic) bond motifs is 1. The van der Waals surface area contributed by atoms with E-state index in [1.165, 1.54) is 6.20 Å². The predicted molar refractivity (Wildman–Crippen MR) is 73.0 cm³/mol. The molecular weight excluding hydrogens is 270 g/mol. The van der Waals surface area contributed by atoms with Crippen molar-refractivity contribution in [2.24, 2.45) is 0 Å². The molecule has 0 aromatic carbocycles. The van der Waals surface area contributed by atoms with Crippen LogP contribution in [-0.4, -0.2) is 48.8 Å². The van der Waals surface area contributed by atoms with E-state index in [1.54, 1.807) is 23.4 Å². The maximum atomic E-state index is 12.4. The van der Waals surface area contributed by atoms with E-state index in [0.717, 1.165) is 5.82 Å². The molecule has 1 aliphatic heterocycles. The van der Waals surface area contributed by atoms with Crippen LogP contribution in [0.4, 0.5) is 0 Å². The van der Waals surface area contributed by atoms with Crippen molar-refractivity contribution >= 4 is 5.91 Å². The zero-order valence-corrected chi connectivity index (χ0v) is 11.2. The SMILES string of the molecule is O=C(c1ccc(C#CCO)cn1)N1CCn2cnnc2C1. The molecule has 0 atom stereocenters. The molecule has 3 rings (SSSR count). The summed E-state index contributed by atoms with van der Waals surface area (Å²) in [6.45, 7) is 1.54. The third-order valence-electron chi connectivity index (χ3n) is 3.22. The van der Waals surface area contributed by atoms with Gasteiger partial charge >= 0.3 is 0 Å².